The molecular formula is C16H24N2O. The molecule has 0 saturated carbocycles. The van der Waals surface area contributed by atoms with Gasteiger partial charge in [0.15, 0.2) is 0 Å². The highest BCUT2D eigenvalue weighted by Gasteiger charge is 2.26. The molecule has 1 atom stereocenters. The molecule has 1 fully saturated rings. The van der Waals surface area contributed by atoms with Gasteiger partial charge in [-0.15, -0.1) is 0 Å². The molecule has 1 aromatic carbocycles. The van der Waals surface area contributed by atoms with Crippen LogP contribution in [0.1, 0.15) is 43.1 Å². The van der Waals surface area contributed by atoms with Crippen LogP contribution in [-0.4, -0.2) is 30.4 Å². The Morgan fingerprint density at radius 3 is 2.42 bits per heavy atom. The molecule has 104 valence electrons. The second-order valence-corrected chi connectivity index (χ2v) is 6.47. The smallest absolute Gasteiger partial charge is 0.253 e. The number of carbonyl (C=O) groups excluding carboxylic acids is 1. The molecule has 0 aliphatic carbocycles. The molecule has 0 aromatic heterocycles. The van der Waals surface area contributed by atoms with Gasteiger partial charge in [-0.2, -0.15) is 0 Å². The fourth-order valence-electron chi connectivity index (χ4n) is 2.50. The standard InChI is InChI=1S/C16H24N2O/c1-16(2,3)14-6-4-13(5-7-14)15(19)18-9-8-12(10-17)11-18/h4-7,12H,8-11,17H2,1-3H3. The Kier molecular flexibility index (Phi) is 3.95. The average molecular weight is 260 g/mol. The van der Waals surface area contributed by atoms with Gasteiger partial charge in [0.2, 0.25) is 0 Å². The first kappa shape index (κ1) is 14.1. The predicted octanol–water partition coefficient (Wildman–Crippen LogP) is 2.40. The zero-order valence-corrected chi connectivity index (χ0v) is 12.1. The summed E-state index contributed by atoms with van der Waals surface area (Å²) in [5, 5.41) is 0. The lowest BCUT2D eigenvalue weighted by Crippen LogP contribution is -2.29. The maximum atomic E-state index is 12.4. The third-order valence-electron chi connectivity index (χ3n) is 3.90. The van der Waals surface area contributed by atoms with Crippen LogP contribution >= 0.6 is 0 Å². The summed E-state index contributed by atoms with van der Waals surface area (Å²) in [4.78, 5) is 14.3. The van der Waals surface area contributed by atoms with Crippen molar-refractivity contribution in [2.24, 2.45) is 11.7 Å². The second kappa shape index (κ2) is 5.33. The third kappa shape index (κ3) is 3.16. The Hall–Kier alpha value is -1.35. The average Bonchev–Trinajstić information content (AvgIpc) is 2.86. The van der Waals surface area contributed by atoms with Crippen molar-refractivity contribution >= 4 is 5.91 Å². The molecule has 2 rings (SSSR count). The van der Waals surface area contributed by atoms with Gasteiger partial charge in [0.1, 0.15) is 0 Å². The van der Waals surface area contributed by atoms with Crippen LogP contribution in [0, 0.1) is 5.92 Å². The summed E-state index contributed by atoms with van der Waals surface area (Å²) in [6.07, 6.45) is 1.03. The number of rotatable bonds is 2. The first-order valence-electron chi connectivity index (χ1n) is 7.01. The van der Waals surface area contributed by atoms with Gasteiger partial charge in [-0.05, 0) is 42.0 Å². The fraction of sp³-hybridized carbons (Fsp3) is 0.562. The van der Waals surface area contributed by atoms with E-state index in [0.717, 1.165) is 25.1 Å². The molecule has 3 nitrogen and oxygen atoms in total. The molecule has 19 heavy (non-hydrogen) atoms. The maximum absolute atomic E-state index is 12.4. The van der Waals surface area contributed by atoms with Gasteiger partial charge in [0.05, 0.1) is 0 Å². The van der Waals surface area contributed by atoms with Gasteiger partial charge in [0.25, 0.3) is 5.91 Å². The summed E-state index contributed by atoms with van der Waals surface area (Å²) in [6, 6.07) is 8.00. The van der Waals surface area contributed by atoms with Gasteiger partial charge >= 0.3 is 0 Å². The largest absolute Gasteiger partial charge is 0.338 e. The number of hydrogen-bond acceptors (Lipinski definition) is 2. The van der Waals surface area contributed by atoms with Crippen LogP contribution in [0.5, 0.6) is 0 Å². The Balaban J connectivity index is 2.08. The Morgan fingerprint density at radius 1 is 1.32 bits per heavy atom. The third-order valence-corrected chi connectivity index (χ3v) is 3.90. The summed E-state index contributed by atoms with van der Waals surface area (Å²) in [5.41, 5.74) is 7.83. The number of carbonyl (C=O) groups is 1. The number of benzene rings is 1. The van der Waals surface area contributed by atoms with E-state index in [0.29, 0.717) is 12.5 Å². The normalized spacial score (nSPS) is 19.8. The monoisotopic (exact) mass is 260 g/mol. The minimum atomic E-state index is 0.125. The van der Waals surface area contributed by atoms with Crippen molar-refractivity contribution < 1.29 is 4.79 Å². The van der Waals surface area contributed by atoms with Crippen molar-refractivity contribution in [2.75, 3.05) is 19.6 Å². The Bertz CT molecular complexity index is 445. The number of nitrogens with two attached hydrogens (primary N) is 1. The fourth-order valence-corrected chi connectivity index (χ4v) is 2.50. The van der Waals surface area contributed by atoms with Crippen LogP contribution in [0.25, 0.3) is 0 Å². The molecule has 1 aromatic rings. The van der Waals surface area contributed by atoms with Gasteiger partial charge < -0.3 is 10.6 Å². The Labute approximate surface area is 115 Å². The summed E-state index contributed by atoms with van der Waals surface area (Å²) in [6.45, 7) is 8.84. The van der Waals surface area contributed by atoms with E-state index < -0.39 is 0 Å². The van der Waals surface area contributed by atoms with E-state index in [1.54, 1.807) is 0 Å². The zero-order valence-electron chi connectivity index (χ0n) is 12.1. The van der Waals surface area contributed by atoms with Crippen molar-refractivity contribution in [1.82, 2.24) is 4.90 Å². The van der Waals surface area contributed by atoms with E-state index in [1.165, 1.54) is 5.56 Å². The summed E-state index contributed by atoms with van der Waals surface area (Å²) >= 11 is 0. The highest BCUT2D eigenvalue weighted by molar-refractivity contribution is 5.94. The minimum Gasteiger partial charge on any atom is -0.338 e. The number of nitrogens with zero attached hydrogens (tertiary/aromatic N) is 1. The molecule has 1 heterocycles. The molecule has 0 bridgehead atoms. The molecule has 2 N–H and O–H groups in total. The van der Waals surface area contributed by atoms with Gasteiger partial charge in [-0.25, -0.2) is 0 Å². The van der Waals surface area contributed by atoms with E-state index in [2.05, 4.69) is 32.9 Å². The minimum absolute atomic E-state index is 0.125. The van der Waals surface area contributed by atoms with Crippen LogP contribution in [-0.2, 0) is 5.41 Å². The van der Waals surface area contributed by atoms with Crippen LogP contribution in [0.3, 0.4) is 0 Å². The highest BCUT2D eigenvalue weighted by Crippen LogP contribution is 2.23. The number of likely N-dealkylation sites (tertiary alicyclic amines) is 1. The van der Waals surface area contributed by atoms with Gasteiger partial charge in [-0.1, -0.05) is 32.9 Å². The highest BCUT2D eigenvalue weighted by atomic mass is 16.2. The van der Waals surface area contributed by atoms with E-state index in [9.17, 15) is 4.79 Å². The summed E-state index contributed by atoms with van der Waals surface area (Å²) < 4.78 is 0. The van der Waals surface area contributed by atoms with E-state index in [-0.39, 0.29) is 11.3 Å². The molecular weight excluding hydrogens is 236 g/mol. The lowest BCUT2D eigenvalue weighted by Gasteiger charge is -2.20. The summed E-state index contributed by atoms with van der Waals surface area (Å²) in [7, 11) is 0. The predicted molar refractivity (Wildman–Crippen MR) is 78.2 cm³/mol. The maximum Gasteiger partial charge on any atom is 0.253 e. The molecule has 1 aliphatic heterocycles. The second-order valence-electron chi connectivity index (χ2n) is 6.47. The number of hydrogen-bond donors (Lipinski definition) is 1. The Morgan fingerprint density at radius 2 is 1.95 bits per heavy atom. The van der Waals surface area contributed by atoms with Gasteiger partial charge in [-0.3, -0.25) is 4.79 Å². The molecule has 1 saturated heterocycles. The molecule has 3 heteroatoms. The lowest BCUT2D eigenvalue weighted by molar-refractivity contribution is 0.0787. The van der Waals surface area contributed by atoms with Crippen molar-refractivity contribution in [3.05, 3.63) is 35.4 Å². The van der Waals surface area contributed by atoms with Crippen LogP contribution in [0.15, 0.2) is 24.3 Å². The lowest BCUT2D eigenvalue weighted by atomic mass is 9.86. The first-order chi connectivity index (χ1) is 8.91. The first-order valence-corrected chi connectivity index (χ1v) is 7.01. The van der Waals surface area contributed by atoms with Gasteiger partial charge in [0, 0.05) is 18.7 Å². The molecule has 1 aliphatic rings. The number of amides is 1. The van der Waals surface area contributed by atoms with Crippen LogP contribution in [0.4, 0.5) is 0 Å². The van der Waals surface area contributed by atoms with Crippen molar-refractivity contribution in [3.8, 4) is 0 Å². The quantitative estimate of drug-likeness (QED) is 0.887. The topological polar surface area (TPSA) is 46.3 Å². The zero-order chi connectivity index (χ0) is 14.0. The SMILES string of the molecule is CC(C)(C)c1ccc(C(=O)N2CCC(CN)C2)cc1. The molecule has 0 spiro atoms. The van der Waals surface area contributed by atoms with E-state index >= 15 is 0 Å². The van der Waals surface area contributed by atoms with Crippen molar-refractivity contribution in [3.63, 3.8) is 0 Å². The molecule has 1 unspecified atom stereocenters. The molecule has 1 amide bonds. The van der Waals surface area contributed by atoms with Crippen molar-refractivity contribution in [2.45, 2.75) is 32.6 Å². The van der Waals surface area contributed by atoms with Crippen molar-refractivity contribution in [1.29, 1.82) is 0 Å². The molecule has 0 radical (unpaired) electrons. The van der Waals surface area contributed by atoms with Crippen LogP contribution in [0.2, 0.25) is 0 Å². The van der Waals surface area contributed by atoms with E-state index in [4.69, 9.17) is 5.73 Å². The summed E-state index contributed by atoms with van der Waals surface area (Å²) in [5.74, 6) is 0.606. The van der Waals surface area contributed by atoms with Crippen LogP contribution < -0.4 is 5.73 Å². The van der Waals surface area contributed by atoms with E-state index in [1.807, 2.05) is 17.0 Å².